The topological polar surface area (TPSA) is 102 Å². The van der Waals surface area contributed by atoms with E-state index < -0.39 is 23.6 Å². The third kappa shape index (κ3) is 6.55. The molecule has 0 spiro atoms. The second kappa shape index (κ2) is 11.1. The van der Waals surface area contributed by atoms with Gasteiger partial charge in [0.25, 0.3) is 5.91 Å². The van der Waals surface area contributed by atoms with Crippen LogP contribution in [0.15, 0.2) is 52.5 Å². The van der Waals surface area contributed by atoms with Crippen LogP contribution in [0.1, 0.15) is 52.1 Å². The summed E-state index contributed by atoms with van der Waals surface area (Å²) in [5.41, 5.74) is -0.941. The molecule has 1 N–H and O–H groups in total. The van der Waals surface area contributed by atoms with E-state index in [1.807, 2.05) is 13.8 Å². The van der Waals surface area contributed by atoms with Crippen molar-refractivity contribution >= 4 is 34.3 Å². The summed E-state index contributed by atoms with van der Waals surface area (Å²) < 4.78 is 54.2. The molecule has 0 fully saturated rings. The number of methoxy groups -OCH3 is 1. The standard InChI is InChI=1S/C25H21F3N2O5S/c1-14(2)21-11-20(24(32)33-3)23(36-21)30-22(31)15(12-29)9-18-7-8-19(35-18)13-34-17-6-4-5-16(10-17)25(26,27)28/h4-11,14H,13H2,1-3H3,(H,30,31)/b15-9+. The Morgan fingerprint density at radius 1 is 1.22 bits per heavy atom. The van der Waals surface area contributed by atoms with Gasteiger partial charge in [-0.1, -0.05) is 19.9 Å². The van der Waals surface area contributed by atoms with E-state index in [-0.39, 0.29) is 45.9 Å². The lowest BCUT2D eigenvalue weighted by molar-refractivity contribution is -0.137. The number of halogens is 3. The number of benzene rings is 1. The maximum absolute atomic E-state index is 12.8. The SMILES string of the molecule is COC(=O)c1cc(C(C)C)sc1NC(=O)/C(C#N)=C/c1ccc(COc2cccc(C(F)(F)F)c2)o1. The molecule has 3 rings (SSSR count). The normalized spacial score (nSPS) is 11.8. The van der Waals surface area contributed by atoms with Gasteiger partial charge in [-0.2, -0.15) is 18.4 Å². The predicted molar refractivity (Wildman–Crippen MR) is 126 cm³/mol. The maximum Gasteiger partial charge on any atom is 0.416 e. The number of hydrogen-bond acceptors (Lipinski definition) is 7. The van der Waals surface area contributed by atoms with Crippen molar-refractivity contribution in [3.05, 3.63) is 75.6 Å². The summed E-state index contributed by atoms with van der Waals surface area (Å²) in [5.74, 6) is -0.829. The summed E-state index contributed by atoms with van der Waals surface area (Å²) >= 11 is 1.21. The Kier molecular flexibility index (Phi) is 8.22. The Morgan fingerprint density at radius 2 is 1.97 bits per heavy atom. The van der Waals surface area contributed by atoms with Crippen molar-refractivity contribution < 1.29 is 36.7 Å². The third-order valence-corrected chi connectivity index (χ3v) is 6.18. The molecule has 0 aliphatic heterocycles. The third-order valence-electron chi connectivity index (χ3n) is 4.83. The molecule has 11 heteroatoms. The van der Waals surface area contributed by atoms with E-state index in [4.69, 9.17) is 13.9 Å². The zero-order valence-electron chi connectivity index (χ0n) is 19.4. The van der Waals surface area contributed by atoms with E-state index in [9.17, 15) is 28.0 Å². The predicted octanol–water partition coefficient (Wildman–Crippen LogP) is 6.39. The molecule has 1 amide bonds. The number of esters is 1. The molecule has 7 nitrogen and oxygen atoms in total. The monoisotopic (exact) mass is 518 g/mol. The van der Waals surface area contributed by atoms with Crippen molar-refractivity contribution in [3.8, 4) is 11.8 Å². The maximum atomic E-state index is 12.8. The smallest absolute Gasteiger partial charge is 0.416 e. The van der Waals surface area contributed by atoms with Crippen LogP contribution in [0.2, 0.25) is 0 Å². The van der Waals surface area contributed by atoms with Crippen LogP contribution in [0.5, 0.6) is 5.75 Å². The van der Waals surface area contributed by atoms with Crippen LogP contribution in [0.25, 0.3) is 6.08 Å². The summed E-state index contributed by atoms with van der Waals surface area (Å²) in [6.07, 6.45) is -3.29. The van der Waals surface area contributed by atoms with E-state index in [0.29, 0.717) is 0 Å². The van der Waals surface area contributed by atoms with Gasteiger partial charge in [-0.25, -0.2) is 4.79 Å². The number of nitrogens with one attached hydrogen (secondary N) is 1. The Morgan fingerprint density at radius 3 is 2.61 bits per heavy atom. The Hall–Kier alpha value is -4.04. The largest absolute Gasteiger partial charge is 0.486 e. The Balaban J connectivity index is 1.72. The van der Waals surface area contributed by atoms with Crippen LogP contribution >= 0.6 is 11.3 Å². The highest BCUT2D eigenvalue weighted by atomic mass is 32.1. The molecule has 0 radical (unpaired) electrons. The van der Waals surface area contributed by atoms with Crippen molar-refractivity contribution in [3.63, 3.8) is 0 Å². The molecule has 0 atom stereocenters. The number of thiophene rings is 1. The number of furan rings is 1. The highest BCUT2D eigenvalue weighted by molar-refractivity contribution is 7.16. The van der Waals surface area contributed by atoms with Crippen molar-refractivity contribution in [2.45, 2.75) is 32.5 Å². The van der Waals surface area contributed by atoms with Crippen molar-refractivity contribution in [1.29, 1.82) is 5.26 Å². The molecule has 0 saturated carbocycles. The van der Waals surface area contributed by atoms with Crippen LogP contribution in [-0.4, -0.2) is 19.0 Å². The second-order valence-electron chi connectivity index (χ2n) is 7.78. The van der Waals surface area contributed by atoms with Crippen molar-refractivity contribution in [2.75, 3.05) is 12.4 Å². The molecule has 0 aliphatic carbocycles. The van der Waals surface area contributed by atoms with Gasteiger partial charge in [0.2, 0.25) is 0 Å². The Bertz CT molecular complexity index is 1330. The summed E-state index contributed by atoms with van der Waals surface area (Å²) in [6, 6.07) is 10.8. The van der Waals surface area contributed by atoms with Gasteiger partial charge in [0.1, 0.15) is 40.5 Å². The molecule has 2 heterocycles. The van der Waals surface area contributed by atoms with Gasteiger partial charge >= 0.3 is 12.1 Å². The van der Waals surface area contributed by atoms with E-state index in [1.54, 1.807) is 12.1 Å². The summed E-state index contributed by atoms with van der Waals surface area (Å²) in [5, 5.41) is 12.3. The summed E-state index contributed by atoms with van der Waals surface area (Å²) in [6.45, 7) is 3.70. The molecule has 188 valence electrons. The lowest BCUT2D eigenvalue weighted by Gasteiger charge is -2.09. The first-order valence-electron chi connectivity index (χ1n) is 10.6. The fraction of sp³-hybridized carbons (Fsp3) is 0.240. The fourth-order valence-corrected chi connectivity index (χ4v) is 4.02. The van der Waals surface area contributed by atoms with E-state index in [1.165, 1.54) is 48.8 Å². The van der Waals surface area contributed by atoms with Crippen LogP contribution in [0.4, 0.5) is 18.2 Å². The average molecular weight is 519 g/mol. The number of anilines is 1. The molecule has 1 aromatic carbocycles. The van der Waals surface area contributed by atoms with E-state index in [2.05, 4.69) is 5.32 Å². The second-order valence-corrected chi connectivity index (χ2v) is 8.86. The van der Waals surface area contributed by atoms with Crippen molar-refractivity contribution in [2.24, 2.45) is 0 Å². The zero-order valence-corrected chi connectivity index (χ0v) is 20.3. The molecule has 0 unspecified atom stereocenters. The van der Waals surface area contributed by atoms with E-state index >= 15 is 0 Å². The number of alkyl halides is 3. The van der Waals surface area contributed by atoms with Crippen molar-refractivity contribution in [1.82, 2.24) is 0 Å². The van der Waals surface area contributed by atoms with Crippen LogP contribution in [0.3, 0.4) is 0 Å². The van der Waals surface area contributed by atoms with Gasteiger partial charge in [0.05, 0.1) is 18.2 Å². The molecule has 2 aromatic heterocycles. The fourth-order valence-electron chi connectivity index (χ4n) is 2.98. The molecular formula is C25H21F3N2O5S. The molecule has 36 heavy (non-hydrogen) atoms. The number of nitriles is 1. The van der Waals surface area contributed by atoms with Gasteiger partial charge in [0.15, 0.2) is 0 Å². The molecule has 0 aliphatic rings. The minimum atomic E-state index is -4.49. The zero-order chi connectivity index (χ0) is 26.5. The first kappa shape index (κ1) is 26.6. The average Bonchev–Trinajstić information content (AvgIpc) is 3.47. The molecule has 3 aromatic rings. The van der Waals surface area contributed by atoms with Gasteiger partial charge in [0, 0.05) is 11.0 Å². The number of carbonyl (C=O) groups is 2. The van der Waals surface area contributed by atoms with Crippen LogP contribution in [-0.2, 0) is 22.3 Å². The summed E-state index contributed by atoms with van der Waals surface area (Å²) in [7, 11) is 1.23. The van der Waals surface area contributed by atoms with Gasteiger partial charge < -0.3 is 19.2 Å². The Labute approximate surface area is 208 Å². The molecule has 0 saturated heterocycles. The highest BCUT2D eigenvalue weighted by Crippen LogP contribution is 2.34. The summed E-state index contributed by atoms with van der Waals surface area (Å²) in [4.78, 5) is 25.7. The number of carbonyl (C=O) groups excluding carboxylic acids is 2. The van der Waals surface area contributed by atoms with Gasteiger partial charge in [-0.3, -0.25) is 4.79 Å². The number of nitrogens with zero attached hydrogens (tertiary/aromatic N) is 1. The van der Waals surface area contributed by atoms with Crippen LogP contribution < -0.4 is 10.1 Å². The van der Waals surface area contributed by atoms with E-state index in [0.717, 1.165) is 17.0 Å². The molecule has 0 bridgehead atoms. The minimum absolute atomic E-state index is 0.00790. The number of amides is 1. The quantitative estimate of drug-likeness (QED) is 0.211. The number of ether oxygens (including phenoxy) is 2. The lowest BCUT2D eigenvalue weighted by atomic mass is 10.1. The first-order chi connectivity index (χ1) is 17.0. The molecular weight excluding hydrogens is 497 g/mol. The van der Waals surface area contributed by atoms with Crippen LogP contribution in [0, 0.1) is 11.3 Å². The lowest BCUT2D eigenvalue weighted by Crippen LogP contribution is -2.15. The number of rotatable bonds is 8. The van der Waals surface area contributed by atoms with Gasteiger partial charge in [-0.15, -0.1) is 11.3 Å². The number of hydrogen-bond donors (Lipinski definition) is 1. The highest BCUT2D eigenvalue weighted by Gasteiger charge is 2.30. The minimum Gasteiger partial charge on any atom is -0.486 e. The first-order valence-corrected chi connectivity index (χ1v) is 11.4. The van der Waals surface area contributed by atoms with Gasteiger partial charge in [-0.05, 0) is 42.3 Å².